The average molecular weight is 169 g/mol. The number of rotatable bonds is 2. The van der Waals surface area contributed by atoms with Gasteiger partial charge in [-0.3, -0.25) is 4.90 Å². The Balaban J connectivity index is 1.83. The van der Waals surface area contributed by atoms with E-state index in [2.05, 4.69) is 25.8 Å². The van der Waals surface area contributed by atoms with Crippen LogP contribution in [0, 0.1) is 0 Å². The van der Waals surface area contributed by atoms with Crippen molar-refractivity contribution in [2.75, 3.05) is 7.05 Å². The summed E-state index contributed by atoms with van der Waals surface area (Å²) in [7, 11) is 2.20. The van der Waals surface area contributed by atoms with E-state index in [0.717, 1.165) is 0 Å². The molecule has 12 heavy (non-hydrogen) atoms. The molecule has 2 nitrogen and oxygen atoms in total. The van der Waals surface area contributed by atoms with Gasteiger partial charge in [-0.05, 0) is 40.2 Å². The van der Waals surface area contributed by atoms with Crippen LogP contribution in [0.5, 0.6) is 0 Å². The topological polar surface area (TPSA) is 12.5 Å². The molecule has 0 aromatic carbocycles. The molecule has 1 unspecified atom stereocenters. The molecular weight excluding hydrogens is 150 g/mol. The standard InChI is InChI=1S/C10H19NO/c1-8(2)12-9-7-10(11(9)3)5-4-6-10/h8-9H,4-7H2,1-3H3. The minimum absolute atomic E-state index is 0.370. The van der Waals surface area contributed by atoms with Crippen molar-refractivity contribution in [3.63, 3.8) is 0 Å². The lowest BCUT2D eigenvalue weighted by atomic mass is 9.67. The van der Waals surface area contributed by atoms with Crippen molar-refractivity contribution in [1.29, 1.82) is 0 Å². The van der Waals surface area contributed by atoms with E-state index in [-0.39, 0.29) is 0 Å². The predicted molar refractivity (Wildman–Crippen MR) is 49.0 cm³/mol. The summed E-state index contributed by atoms with van der Waals surface area (Å²) >= 11 is 0. The van der Waals surface area contributed by atoms with Crippen LogP contribution in [-0.4, -0.2) is 29.8 Å². The molecule has 2 fully saturated rings. The van der Waals surface area contributed by atoms with Crippen molar-refractivity contribution in [3.8, 4) is 0 Å². The number of ether oxygens (including phenoxy) is 1. The van der Waals surface area contributed by atoms with E-state index in [1.165, 1.54) is 25.7 Å². The molecule has 0 bridgehead atoms. The van der Waals surface area contributed by atoms with Crippen molar-refractivity contribution in [2.24, 2.45) is 0 Å². The molecule has 1 heterocycles. The second kappa shape index (κ2) is 2.71. The maximum Gasteiger partial charge on any atom is 0.112 e. The normalized spacial score (nSPS) is 33.5. The number of hydrogen-bond donors (Lipinski definition) is 0. The van der Waals surface area contributed by atoms with Gasteiger partial charge in [0.05, 0.1) is 6.10 Å². The van der Waals surface area contributed by atoms with Crippen LogP contribution < -0.4 is 0 Å². The zero-order chi connectivity index (χ0) is 8.77. The maximum atomic E-state index is 5.76. The van der Waals surface area contributed by atoms with Crippen LogP contribution >= 0.6 is 0 Å². The summed E-state index contributed by atoms with van der Waals surface area (Å²) in [5, 5.41) is 0. The van der Waals surface area contributed by atoms with Gasteiger partial charge < -0.3 is 4.74 Å². The van der Waals surface area contributed by atoms with E-state index in [1.807, 2.05) is 0 Å². The smallest absolute Gasteiger partial charge is 0.112 e. The fourth-order valence-electron chi connectivity index (χ4n) is 2.39. The summed E-state index contributed by atoms with van der Waals surface area (Å²) in [4.78, 5) is 2.43. The molecule has 1 saturated heterocycles. The van der Waals surface area contributed by atoms with E-state index >= 15 is 0 Å². The van der Waals surface area contributed by atoms with Crippen molar-refractivity contribution in [2.45, 2.75) is 57.4 Å². The lowest BCUT2D eigenvalue weighted by Gasteiger charge is -2.61. The Morgan fingerprint density at radius 1 is 1.42 bits per heavy atom. The van der Waals surface area contributed by atoms with E-state index < -0.39 is 0 Å². The molecule has 0 amide bonds. The van der Waals surface area contributed by atoms with E-state index in [4.69, 9.17) is 4.74 Å². The van der Waals surface area contributed by atoms with Crippen LogP contribution in [0.3, 0.4) is 0 Å². The predicted octanol–water partition coefficient (Wildman–Crippen LogP) is 2.00. The lowest BCUT2D eigenvalue weighted by Crippen LogP contribution is -2.68. The van der Waals surface area contributed by atoms with Crippen molar-refractivity contribution < 1.29 is 4.74 Å². The highest BCUT2D eigenvalue weighted by Gasteiger charge is 2.53. The van der Waals surface area contributed by atoms with Crippen molar-refractivity contribution in [1.82, 2.24) is 4.90 Å². The molecule has 2 aliphatic rings. The summed E-state index contributed by atoms with van der Waals surface area (Å²) in [6, 6.07) is 0. The van der Waals surface area contributed by atoms with E-state index in [9.17, 15) is 0 Å². The summed E-state index contributed by atoms with van der Waals surface area (Å²) in [6.45, 7) is 4.22. The van der Waals surface area contributed by atoms with Crippen LogP contribution in [0.15, 0.2) is 0 Å². The Bertz CT molecular complexity index is 175. The van der Waals surface area contributed by atoms with Crippen LogP contribution in [0.4, 0.5) is 0 Å². The quantitative estimate of drug-likeness (QED) is 0.627. The first-order valence-corrected chi connectivity index (χ1v) is 5.02. The van der Waals surface area contributed by atoms with Gasteiger partial charge in [0.25, 0.3) is 0 Å². The molecule has 1 aliphatic carbocycles. The molecule has 1 aliphatic heterocycles. The zero-order valence-corrected chi connectivity index (χ0v) is 8.34. The third-order valence-corrected chi connectivity index (χ3v) is 3.45. The Kier molecular flexibility index (Phi) is 1.92. The number of hydrogen-bond acceptors (Lipinski definition) is 2. The Hall–Kier alpha value is -0.0800. The fourth-order valence-corrected chi connectivity index (χ4v) is 2.39. The summed E-state index contributed by atoms with van der Waals surface area (Å²) in [5.74, 6) is 0. The molecule has 2 heteroatoms. The van der Waals surface area contributed by atoms with Gasteiger partial charge in [0.1, 0.15) is 6.23 Å². The molecule has 2 rings (SSSR count). The molecule has 1 saturated carbocycles. The van der Waals surface area contributed by atoms with Crippen LogP contribution in [0.2, 0.25) is 0 Å². The first-order chi connectivity index (χ1) is 5.64. The molecule has 0 radical (unpaired) electrons. The molecule has 1 spiro atoms. The molecule has 0 aromatic heterocycles. The average Bonchev–Trinajstić information content (AvgIpc) is 1.92. The Morgan fingerprint density at radius 3 is 2.42 bits per heavy atom. The van der Waals surface area contributed by atoms with Gasteiger partial charge in [-0.2, -0.15) is 0 Å². The molecule has 1 atom stereocenters. The number of nitrogens with zero attached hydrogens (tertiary/aromatic N) is 1. The van der Waals surface area contributed by atoms with Gasteiger partial charge >= 0.3 is 0 Å². The van der Waals surface area contributed by atoms with Gasteiger partial charge in [-0.1, -0.05) is 0 Å². The fraction of sp³-hybridized carbons (Fsp3) is 1.00. The molecule has 0 aromatic rings. The molecule has 0 N–H and O–H groups in total. The first-order valence-electron chi connectivity index (χ1n) is 5.02. The summed E-state index contributed by atoms with van der Waals surface area (Å²) in [6.07, 6.45) is 6.24. The zero-order valence-electron chi connectivity index (χ0n) is 8.34. The SMILES string of the molecule is CC(C)OC1CC2(CCC2)N1C. The second-order valence-electron chi connectivity index (χ2n) is 4.53. The van der Waals surface area contributed by atoms with Crippen LogP contribution in [0.25, 0.3) is 0 Å². The highest BCUT2D eigenvalue weighted by atomic mass is 16.5. The van der Waals surface area contributed by atoms with Gasteiger partial charge in [-0.15, -0.1) is 0 Å². The van der Waals surface area contributed by atoms with E-state index in [0.29, 0.717) is 17.9 Å². The monoisotopic (exact) mass is 169 g/mol. The molecular formula is C10H19NO. The van der Waals surface area contributed by atoms with Gasteiger partial charge in [-0.25, -0.2) is 0 Å². The minimum Gasteiger partial charge on any atom is -0.360 e. The largest absolute Gasteiger partial charge is 0.360 e. The highest BCUT2D eigenvalue weighted by Crippen LogP contribution is 2.49. The lowest BCUT2D eigenvalue weighted by molar-refractivity contribution is -0.230. The number of likely N-dealkylation sites (tertiary alicyclic amines) is 1. The van der Waals surface area contributed by atoms with Crippen LogP contribution in [-0.2, 0) is 4.74 Å². The Labute approximate surface area is 74.9 Å². The highest BCUT2D eigenvalue weighted by molar-refractivity contribution is 5.06. The maximum absolute atomic E-state index is 5.76. The van der Waals surface area contributed by atoms with Gasteiger partial charge in [0.2, 0.25) is 0 Å². The molecule has 70 valence electrons. The minimum atomic E-state index is 0.370. The van der Waals surface area contributed by atoms with Gasteiger partial charge in [0, 0.05) is 12.0 Å². The van der Waals surface area contributed by atoms with Crippen molar-refractivity contribution in [3.05, 3.63) is 0 Å². The summed E-state index contributed by atoms with van der Waals surface area (Å²) in [5.41, 5.74) is 0.569. The van der Waals surface area contributed by atoms with Crippen molar-refractivity contribution >= 4 is 0 Å². The van der Waals surface area contributed by atoms with E-state index in [1.54, 1.807) is 0 Å². The van der Waals surface area contributed by atoms with Crippen LogP contribution in [0.1, 0.15) is 39.5 Å². The Morgan fingerprint density at radius 2 is 2.08 bits per heavy atom. The second-order valence-corrected chi connectivity index (χ2v) is 4.53. The third kappa shape index (κ3) is 1.09. The third-order valence-electron chi connectivity index (χ3n) is 3.45. The first kappa shape index (κ1) is 8.52. The summed E-state index contributed by atoms with van der Waals surface area (Å²) < 4.78 is 5.76. The van der Waals surface area contributed by atoms with Gasteiger partial charge in [0.15, 0.2) is 0 Å².